The van der Waals surface area contributed by atoms with Crippen molar-refractivity contribution in [2.24, 2.45) is 40.4 Å². The molecule has 6 rings (SSSR count). The molecule has 5 aliphatic carbocycles. The Morgan fingerprint density at radius 3 is 2.45 bits per heavy atom. The molecule has 0 aromatic heterocycles. The predicted molar refractivity (Wildman–Crippen MR) is 116 cm³/mol. The van der Waals surface area contributed by atoms with E-state index in [1.54, 1.807) is 0 Å². The number of aliphatic hydroxyl groups excluding tert-OH is 1. The molecule has 6 aliphatic rings. The second kappa shape index (κ2) is 6.89. The van der Waals surface area contributed by atoms with Crippen molar-refractivity contribution < 1.29 is 24.1 Å². The highest BCUT2D eigenvalue weighted by molar-refractivity contribution is 5.33. The van der Waals surface area contributed by atoms with Crippen LogP contribution >= 0.6 is 0 Å². The summed E-state index contributed by atoms with van der Waals surface area (Å²) in [5.41, 5.74) is -0.149. The van der Waals surface area contributed by atoms with Crippen molar-refractivity contribution in [3.63, 3.8) is 0 Å². The molecular weight excluding hydrogens is 394 g/mol. The van der Waals surface area contributed by atoms with Crippen LogP contribution in [0, 0.1) is 40.4 Å². The standard InChI is InChI=1S/C25H41NO5/c1-6-26-12-23(13-27)8-7-19(29-3)25-15-9-14-17(28-2)11-24(31-5,20(15)21(14)30-4)16(22(25)26)10-18(23)25/h14-22,27H,6-13H2,1-5H3/t14-,15?,16?,17+,18?,19+,20?,21+,22-,23+,24+,25-/m1/s1. The Hall–Kier alpha value is -0.240. The van der Waals surface area contributed by atoms with Gasteiger partial charge in [-0.1, -0.05) is 6.92 Å². The first-order valence-corrected chi connectivity index (χ1v) is 12.5. The molecule has 31 heavy (non-hydrogen) atoms. The van der Waals surface area contributed by atoms with Gasteiger partial charge in [0, 0.05) is 76.0 Å². The maximum atomic E-state index is 10.8. The van der Waals surface area contributed by atoms with Crippen LogP contribution in [0.25, 0.3) is 0 Å². The van der Waals surface area contributed by atoms with Gasteiger partial charge in [0.05, 0.1) is 30.5 Å². The Morgan fingerprint density at radius 2 is 1.84 bits per heavy atom. The van der Waals surface area contributed by atoms with Gasteiger partial charge in [-0.2, -0.15) is 0 Å². The highest BCUT2D eigenvalue weighted by Crippen LogP contribution is 2.79. The average molecular weight is 436 g/mol. The molecule has 0 amide bonds. The number of methoxy groups -OCH3 is 4. The fraction of sp³-hybridized carbons (Fsp3) is 1.00. The topological polar surface area (TPSA) is 60.4 Å². The molecule has 5 saturated carbocycles. The molecule has 12 atom stereocenters. The molecule has 6 heteroatoms. The van der Waals surface area contributed by atoms with E-state index in [0.717, 1.165) is 45.2 Å². The molecular formula is C25H41NO5. The molecule has 0 aromatic carbocycles. The maximum absolute atomic E-state index is 10.8. The Morgan fingerprint density at radius 1 is 1.03 bits per heavy atom. The molecule has 7 bridgehead atoms. The summed E-state index contributed by atoms with van der Waals surface area (Å²) >= 11 is 0. The minimum atomic E-state index is -0.219. The monoisotopic (exact) mass is 435 g/mol. The molecule has 1 heterocycles. The van der Waals surface area contributed by atoms with Gasteiger partial charge in [-0.15, -0.1) is 0 Å². The lowest BCUT2D eigenvalue weighted by molar-refractivity contribution is -0.282. The molecule has 176 valence electrons. The van der Waals surface area contributed by atoms with E-state index in [9.17, 15) is 5.11 Å². The van der Waals surface area contributed by atoms with Crippen molar-refractivity contribution in [2.75, 3.05) is 48.1 Å². The van der Waals surface area contributed by atoms with Crippen molar-refractivity contribution in [3.8, 4) is 0 Å². The van der Waals surface area contributed by atoms with Crippen LogP contribution in [0.2, 0.25) is 0 Å². The fourth-order valence-electron chi connectivity index (χ4n) is 11.0. The van der Waals surface area contributed by atoms with E-state index in [0.29, 0.717) is 42.2 Å². The summed E-state index contributed by atoms with van der Waals surface area (Å²) in [6.07, 6.45) is 5.98. The van der Waals surface area contributed by atoms with Gasteiger partial charge < -0.3 is 24.1 Å². The van der Waals surface area contributed by atoms with Crippen LogP contribution in [-0.2, 0) is 18.9 Å². The Kier molecular flexibility index (Phi) is 4.74. The number of hydrogen-bond donors (Lipinski definition) is 1. The number of likely N-dealkylation sites (tertiary alicyclic amines) is 1. The molecule has 0 aromatic rings. The molecule has 0 radical (unpaired) electrons. The lowest BCUT2D eigenvalue weighted by atomic mass is 9.43. The molecule has 6 fully saturated rings. The number of aliphatic hydroxyl groups is 1. The van der Waals surface area contributed by atoms with Crippen molar-refractivity contribution in [1.82, 2.24) is 4.90 Å². The summed E-state index contributed by atoms with van der Waals surface area (Å²) in [5.74, 6) is 2.22. The van der Waals surface area contributed by atoms with Crippen LogP contribution in [0.15, 0.2) is 0 Å². The molecule has 1 spiro atoms. The largest absolute Gasteiger partial charge is 0.396 e. The summed E-state index contributed by atoms with van der Waals surface area (Å²) in [7, 11) is 7.62. The lowest BCUT2D eigenvalue weighted by Crippen LogP contribution is -2.76. The minimum absolute atomic E-state index is 0.00876. The smallest absolute Gasteiger partial charge is 0.0802 e. The van der Waals surface area contributed by atoms with Gasteiger partial charge >= 0.3 is 0 Å². The van der Waals surface area contributed by atoms with Crippen molar-refractivity contribution in [1.29, 1.82) is 0 Å². The Balaban J connectivity index is 1.61. The van der Waals surface area contributed by atoms with Crippen molar-refractivity contribution in [3.05, 3.63) is 0 Å². The maximum Gasteiger partial charge on any atom is 0.0802 e. The Labute approximate surface area is 186 Å². The van der Waals surface area contributed by atoms with Crippen LogP contribution < -0.4 is 0 Å². The number of fused-ring (bicyclic) bond motifs is 2. The normalized spacial score (nSPS) is 59.2. The quantitative estimate of drug-likeness (QED) is 0.690. The highest BCUT2D eigenvalue weighted by Gasteiger charge is 2.84. The summed E-state index contributed by atoms with van der Waals surface area (Å²) in [6, 6.07) is 0.459. The van der Waals surface area contributed by atoms with Crippen LogP contribution in [0.1, 0.15) is 39.0 Å². The summed E-state index contributed by atoms with van der Waals surface area (Å²) in [4.78, 5) is 2.72. The first kappa shape index (κ1) is 21.3. The zero-order chi connectivity index (χ0) is 21.8. The predicted octanol–water partition coefficient (Wildman–Crippen LogP) is 2.19. The van der Waals surface area contributed by atoms with Gasteiger partial charge in [-0.25, -0.2) is 0 Å². The van der Waals surface area contributed by atoms with E-state index in [1.807, 2.05) is 28.4 Å². The fourth-order valence-corrected chi connectivity index (χ4v) is 11.0. The van der Waals surface area contributed by atoms with E-state index < -0.39 is 0 Å². The van der Waals surface area contributed by atoms with E-state index in [2.05, 4.69) is 11.8 Å². The molecule has 1 aliphatic heterocycles. The highest BCUT2D eigenvalue weighted by atomic mass is 16.5. The summed E-state index contributed by atoms with van der Waals surface area (Å²) < 4.78 is 25.4. The first-order valence-electron chi connectivity index (χ1n) is 12.5. The van der Waals surface area contributed by atoms with Gasteiger partial charge in [-0.3, -0.25) is 4.90 Å². The third-order valence-corrected chi connectivity index (χ3v) is 11.6. The number of hydrogen-bond acceptors (Lipinski definition) is 6. The van der Waals surface area contributed by atoms with Gasteiger partial charge in [0.25, 0.3) is 0 Å². The van der Waals surface area contributed by atoms with Crippen molar-refractivity contribution >= 4 is 0 Å². The third-order valence-electron chi connectivity index (χ3n) is 11.6. The van der Waals surface area contributed by atoms with Crippen molar-refractivity contribution in [2.45, 2.75) is 69.0 Å². The first-order chi connectivity index (χ1) is 15.0. The van der Waals surface area contributed by atoms with Gasteiger partial charge in [0.2, 0.25) is 0 Å². The van der Waals surface area contributed by atoms with Gasteiger partial charge in [0.15, 0.2) is 0 Å². The number of rotatable bonds is 6. The molecule has 6 nitrogen and oxygen atoms in total. The number of nitrogens with zero attached hydrogens (tertiary/aromatic N) is 1. The van der Waals surface area contributed by atoms with Gasteiger partial charge in [-0.05, 0) is 44.1 Å². The average Bonchev–Trinajstić information content (AvgIpc) is 3.25. The van der Waals surface area contributed by atoms with E-state index in [4.69, 9.17) is 18.9 Å². The zero-order valence-electron chi connectivity index (χ0n) is 19.9. The molecule has 1 saturated heterocycles. The third kappa shape index (κ3) is 2.13. The van der Waals surface area contributed by atoms with E-state index in [1.165, 1.54) is 0 Å². The number of ether oxygens (including phenoxy) is 4. The molecule has 1 N–H and O–H groups in total. The summed E-state index contributed by atoms with van der Waals surface area (Å²) in [5, 5.41) is 10.8. The van der Waals surface area contributed by atoms with Crippen LogP contribution in [-0.4, -0.2) is 88.1 Å². The Bertz CT molecular complexity index is 735. The lowest BCUT2D eigenvalue weighted by Gasteiger charge is -2.70. The van der Waals surface area contributed by atoms with E-state index in [-0.39, 0.29) is 34.7 Å². The van der Waals surface area contributed by atoms with Crippen LogP contribution in [0.5, 0.6) is 0 Å². The SMILES string of the molecule is CCN1C[C@]2(CO)CC[C@H](OC)[C@@]34C5C[C@@H]6[C@@H](OC)C[C@@](OC)(C5[C@H]6OC)C(CC23)[C@@H]14. The zero-order valence-corrected chi connectivity index (χ0v) is 19.9. The van der Waals surface area contributed by atoms with Crippen LogP contribution in [0.3, 0.4) is 0 Å². The van der Waals surface area contributed by atoms with E-state index >= 15 is 0 Å². The molecule has 4 unspecified atom stereocenters. The second-order valence-corrected chi connectivity index (χ2v) is 11.6. The number of piperidine rings is 1. The minimum Gasteiger partial charge on any atom is -0.396 e. The van der Waals surface area contributed by atoms with Crippen LogP contribution in [0.4, 0.5) is 0 Å². The summed E-state index contributed by atoms with van der Waals surface area (Å²) in [6.45, 7) is 4.63. The van der Waals surface area contributed by atoms with Gasteiger partial charge in [0.1, 0.15) is 0 Å². The second-order valence-electron chi connectivity index (χ2n) is 11.6.